The molecule has 3 rings (SSSR count). The van der Waals surface area contributed by atoms with Crippen molar-refractivity contribution in [2.24, 2.45) is 0 Å². The lowest BCUT2D eigenvalue weighted by Crippen LogP contribution is -2.33. The van der Waals surface area contributed by atoms with Crippen LogP contribution in [0.15, 0.2) is 30.3 Å². The lowest BCUT2D eigenvalue weighted by Gasteiger charge is -2.29. The first-order chi connectivity index (χ1) is 10.3. The second-order valence-corrected chi connectivity index (χ2v) is 6.37. The smallest absolute Gasteiger partial charge is 0.134 e. The number of rotatable bonds is 3. The summed E-state index contributed by atoms with van der Waals surface area (Å²) in [7, 11) is 0. The molecule has 0 spiro atoms. The fourth-order valence-electron chi connectivity index (χ4n) is 3.37. The van der Waals surface area contributed by atoms with Gasteiger partial charge < -0.3 is 0 Å². The Morgan fingerprint density at radius 2 is 2.10 bits per heavy atom. The summed E-state index contributed by atoms with van der Waals surface area (Å²) in [6, 6.07) is 11.1. The maximum absolute atomic E-state index is 6.42. The quantitative estimate of drug-likeness (QED) is 0.738. The Balaban J connectivity index is 1.87. The van der Waals surface area contributed by atoms with Crippen molar-refractivity contribution in [2.75, 3.05) is 6.54 Å². The van der Waals surface area contributed by atoms with Crippen molar-refractivity contribution < 1.29 is 0 Å². The first-order valence-corrected chi connectivity index (χ1v) is 8.44. The first kappa shape index (κ1) is 14.8. The van der Waals surface area contributed by atoms with Crippen LogP contribution in [0.1, 0.15) is 44.6 Å². The molecule has 2 aromatic rings. The van der Waals surface area contributed by atoms with Gasteiger partial charge >= 0.3 is 0 Å². The first-order valence-electron chi connectivity index (χ1n) is 8.06. The minimum atomic E-state index is 0.660. The van der Waals surface area contributed by atoms with Crippen LogP contribution in [-0.2, 0) is 6.54 Å². The summed E-state index contributed by atoms with van der Waals surface area (Å²) in [5.41, 5.74) is 2.14. The number of hydrogen-bond acceptors (Lipinski definition) is 2. The van der Waals surface area contributed by atoms with E-state index in [1.54, 1.807) is 0 Å². The number of likely N-dealkylation sites (tertiary alicyclic amines) is 1. The Kier molecular flexibility index (Phi) is 4.77. The predicted molar refractivity (Wildman–Crippen MR) is 89.7 cm³/mol. The van der Waals surface area contributed by atoms with E-state index in [0.29, 0.717) is 11.2 Å². The van der Waals surface area contributed by atoms with E-state index in [9.17, 15) is 0 Å². The Labute approximate surface area is 132 Å². The Bertz CT molecular complexity index is 611. The van der Waals surface area contributed by atoms with Crippen LogP contribution in [0.25, 0.3) is 10.9 Å². The zero-order valence-electron chi connectivity index (χ0n) is 12.7. The van der Waals surface area contributed by atoms with Crippen molar-refractivity contribution in [3.05, 3.63) is 41.0 Å². The van der Waals surface area contributed by atoms with Gasteiger partial charge in [-0.2, -0.15) is 0 Å². The summed E-state index contributed by atoms with van der Waals surface area (Å²) >= 11 is 6.42. The van der Waals surface area contributed by atoms with E-state index in [1.165, 1.54) is 44.0 Å². The van der Waals surface area contributed by atoms with Crippen LogP contribution >= 0.6 is 11.6 Å². The predicted octanol–water partition coefficient (Wildman–Crippen LogP) is 5.04. The molecule has 0 radical (unpaired) electrons. The highest BCUT2D eigenvalue weighted by atomic mass is 35.5. The number of pyridine rings is 1. The molecular formula is C18H23ClN2. The molecule has 1 aliphatic heterocycles. The van der Waals surface area contributed by atoms with Crippen LogP contribution in [0.5, 0.6) is 0 Å². The van der Waals surface area contributed by atoms with Gasteiger partial charge in [-0.15, -0.1) is 0 Å². The SMILES string of the molecule is CCC1CCCCCN1Cc1cc2ccccc2nc1Cl. The number of hydrogen-bond donors (Lipinski definition) is 0. The lowest BCUT2D eigenvalue weighted by atomic mass is 10.1. The molecule has 0 N–H and O–H groups in total. The summed E-state index contributed by atoms with van der Waals surface area (Å²) in [5.74, 6) is 0. The average Bonchev–Trinajstić information content (AvgIpc) is 2.73. The molecule has 112 valence electrons. The summed E-state index contributed by atoms with van der Waals surface area (Å²) in [6.45, 7) is 4.40. The molecule has 1 aromatic heterocycles. The van der Waals surface area contributed by atoms with Crippen molar-refractivity contribution in [1.29, 1.82) is 0 Å². The monoisotopic (exact) mass is 302 g/mol. The fraction of sp³-hybridized carbons (Fsp3) is 0.500. The van der Waals surface area contributed by atoms with Gasteiger partial charge in [-0.3, -0.25) is 4.90 Å². The third-order valence-electron chi connectivity index (χ3n) is 4.59. The molecule has 1 fully saturated rings. The maximum Gasteiger partial charge on any atom is 0.134 e. The maximum atomic E-state index is 6.42. The van der Waals surface area contributed by atoms with Crippen LogP contribution in [0.3, 0.4) is 0 Å². The molecule has 1 aliphatic rings. The van der Waals surface area contributed by atoms with Gasteiger partial charge in [-0.25, -0.2) is 4.98 Å². The molecule has 1 aromatic carbocycles. The summed E-state index contributed by atoms with van der Waals surface area (Å²) in [5, 5.41) is 1.84. The van der Waals surface area contributed by atoms with E-state index in [2.05, 4.69) is 35.0 Å². The van der Waals surface area contributed by atoms with Crippen LogP contribution in [0.2, 0.25) is 5.15 Å². The van der Waals surface area contributed by atoms with E-state index in [1.807, 2.05) is 12.1 Å². The van der Waals surface area contributed by atoms with Gasteiger partial charge in [0.25, 0.3) is 0 Å². The van der Waals surface area contributed by atoms with E-state index in [4.69, 9.17) is 11.6 Å². The number of para-hydroxylation sites is 1. The number of fused-ring (bicyclic) bond motifs is 1. The van der Waals surface area contributed by atoms with E-state index < -0.39 is 0 Å². The standard InChI is InChI=1S/C18H23ClN2/c1-2-16-9-4-3-7-11-21(16)13-15-12-14-8-5-6-10-17(14)20-18(15)19/h5-6,8,10,12,16H,2-4,7,9,11,13H2,1H3. The van der Waals surface area contributed by atoms with Gasteiger partial charge in [-0.1, -0.05) is 49.6 Å². The van der Waals surface area contributed by atoms with Crippen molar-refractivity contribution in [3.63, 3.8) is 0 Å². The summed E-state index contributed by atoms with van der Waals surface area (Å²) < 4.78 is 0. The minimum absolute atomic E-state index is 0.660. The van der Waals surface area contributed by atoms with Crippen LogP contribution < -0.4 is 0 Å². The van der Waals surface area contributed by atoms with Gasteiger partial charge in [0.1, 0.15) is 5.15 Å². The molecule has 1 saturated heterocycles. The average molecular weight is 303 g/mol. The van der Waals surface area contributed by atoms with Crippen molar-refractivity contribution in [1.82, 2.24) is 9.88 Å². The zero-order valence-corrected chi connectivity index (χ0v) is 13.4. The normalized spacial score (nSPS) is 20.6. The summed E-state index contributed by atoms with van der Waals surface area (Å²) in [6.07, 6.45) is 6.55. The molecule has 1 atom stereocenters. The Morgan fingerprint density at radius 3 is 2.95 bits per heavy atom. The second kappa shape index (κ2) is 6.76. The van der Waals surface area contributed by atoms with Crippen molar-refractivity contribution in [2.45, 2.75) is 51.6 Å². The highest BCUT2D eigenvalue weighted by Gasteiger charge is 2.20. The van der Waals surface area contributed by atoms with Crippen LogP contribution in [0.4, 0.5) is 0 Å². The Hall–Kier alpha value is -1.12. The lowest BCUT2D eigenvalue weighted by molar-refractivity contribution is 0.186. The number of nitrogens with zero attached hydrogens (tertiary/aromatic N) is 2. The summed E-state index contributed by atoms with van der Waals surface area (Å²) in [4.78, 5) is 7.16. The molecule has 0 aliphatic carbocycles. The van der Waals surface area contributed by atoms with E-state index >= 15 is 0 Å². The molecular weight excluding hydrogens is 280 g/mol. The topological polar surface area (TPSA) is 16.1 Å². The molecule has 21 heavy (non-hydrogen) atoms. The van der Waals surface area contributed by atoms with E-state index in [0.717, 1.165) is 17.6 Å². The molecule has 0 amide bonds. The second-order valence-electron chi connectivity index (χ2n) is 6.01. The third kappa shape index (κ3) is 3.38. The molecule has 1 unspecified atom stereocenters. The van der Waals surface area contributed by atoms with E-state index in [-0.39, 0.29) is 0 Å². The number of halogens is 1. The largest absolute Gasteiger partial charge is 0.296 e. The van der Waals surface area contributed by atoms with Crippen molar-refractivity contribution >= 4 is 22.5 Å². The fourth-order valence-corrected chi connectivity index (χ4v) is 3.58. The molecule has 0 saturated carbocycles. The third-order valence-corrected chi connectivity index (χ3v) is 4.92. The van der Waals surface area contributed by atoms with Gasteiger partial charge in [-0.05, 0) is 37.9 Å². The molecule has 2 heterocycles. The highest BCUT2D eigenvalue weighted by Crippen LogP contribution is 2.26. The Morgan fingerprint density at radius 1 is 1.24 bits per heavy atom. The zero-order chi connectivity index (χ0) is 14.7. The molecule has 0 bridgehead atoms. The number of benzene rings is 1. The minimum Gasteiger partial charge on any atom is -0.296 e. The molecule has 3 heteroatoms. The van der Waals surface area contributed by atoms with Gasteiger partial charge in [0, 0.05) is 23.5 Å². The molecule has 2 nitrogen and oxygen atoms in total. The van der Waals surface area contributed by atoms with Crippen LogP contribution in [0, 0.1) is 0 Å². The van der Waals surface area contributed by atoms with Crippen molar-refractivity contribution in [3.8, 4) is 0 Å². The highest BCUT2D eigenvalue weighted by molar-refractivity contribution is 6.30. The van der Waals surface area contributed by atoms with Crippen LogP contribution in [-0.4, -0.2) is 22.5 Å². The van der Waals surface area contributed by atoms with Gasteiger partial charge in [0.2, 0.25) is 0 Å². The van der Waals surface area contributed by atoms with Gasteiger partial charge in [0.05, 0.1) is 5.52 Å². The van der Waals surface area contributed by atoms with Gasteiger partial charge in [0.15, 0.2) is 0 Å². The number of aromatic nitrogens is 1.